The molecule has 0 aliphatic carbocycles. The van der Waals surface area contributed by atoms with Crippen molar-refractivity contribution in [2.45, 2.75) is 26.1 Å². The van der Waals surface area contributed by atoms with Gasteiger partial charge in [-0.2, -0.15) is 8.78 Å². The number of hydrogen-bond donors (Lipinski definition) is 1. The molecule has 2 nitrogen and oxygen atoms in total. The summed E-state index contributed by atoms with van der Waals surface area (Å²) < 4.78 is 28.4. The summed E-state index contributed by atoms with van der Waals surface area (Å²) in [5.74, 6) is 0.180. The molecule has 20 heavy (non-hydrogen) atoms. The predicted octanol–water partition coefficient (Wildman–Crippen LogP) is 4.14. The Kier molecular flexibility index (Phi) is 5.07. The van der Waals surface area contributed by atoms with E-state index < -0.39 is 6.61 Å². The number of alkyl halides is 2. The van der Waals surface area contributed by atoms with Crippen molar-refractivity contribution < 1.29 is 13.5 Å². The third-order valence-corrected chi connectivity index (χ3v) is 3.06. The number of ether oxygens (including phenoxy) is 1. The monoisotopic (exact) mass is 277 g/mol. The van der Waals surface area contributed by atoms with E-state index in [4.69, 9.17) is 0 Å². The van der Waals surface area contributed by atoms with E-state index in [9.17, 15) is 8.78 Å². The van der Waals surface area contributed by atoms with Gasteiger partial charge in [0, 0.05) is 12.6 Å². The van der Waals surface area contributed by atoms with Crippen LogP contribution in [-0.2, 0) is 6.54 Å². The van der Waals surface area contributed by atoms with Gasteiger partial charge in [-0.15, -0.1) is 0 Å². The molecule has 106 valence electrons. The van der Waals surface area contributed by atoms with Crippen LogP contribution in [0.5, 0.6) is 5.75 Å². The lowest BCUT2D eigenvalue weighted by Crippen LogP contribution is -2.17. The van der Waals surface area contributed by atoms with Gasteiger partial charge in [0.1, 0.15) is 5.75 Å². The molecule has 2 aromatic carbocycles. The van der Waals surface area contributed by atoms with E-state index in [2.05, 4.69) is 22.2 Å². The van der Waals surface area contributed by atoms with Crippen LogP contribution in [-0.4, -0.2) is 6.61 Å². The van der Waals surface area contributed by atoms with Crippen molar-refractivity contribution in [3.05, 3.63) is 65.7 Å². The zero-order valence-electron chi connectivity index (χ0n) is 11.2. The van der Waals surface area contributed by atoms with Crippen LogP contribution >= 0.6 is 0 Å². The molecule has 1 N–H and O–H groups in total. The molecular weight excluding hydrogens is 260 g/mol. The van der Waals surface area contributed by atoms with Gasteiger partial charge in [-0.1, -0.05) is 42.5 Å². The van der Waals surface area contributed by atoms with Crippen molar-refractivity contribution >= 4 is 0 Å². The third kappa shape index (κ3) is 4.31. The Morgan fingerprint density at radius 1 is 1.00 bits per heavy atom. The number of halogens is 2. The van der Waals surface area contributed by atoms with E-state index in [0.717, 1.165) is 12.1 Å². The zero-order valence-corrected chi connectivity index (χ0v) is 11.2. The minimum Gasteiger partial charge on any atom is -0.435 e. The Labute approximate surface area is 117 Å². The van der Waals surface area contributed by atoms with Crippen molar-refractivity contribution in [1.29, 1.82) is 0 Å². The first-order valence-corrected chi connectivity index (χ1v) is 6.47. The smallest absolute Gasteiger partial charge is 0.387 e. The topological polar surface area (TPSA) is 21.3 Å². The second kappa shape index (κ2) is 7.01. The van der Waals surface area contributed by atoms with Crippen LogP contribution in [0.4, 0.5) is 8.78 Å². The molecule has 0 saturated carbocycles. The fraction of sp³-hybridized carbons (Fsp3) is 0.250. The molecule has 0 aliphatic heterocycles. The Balaban J connectivity index is 1.90. The summed E-state index contributed by atoms with van der Waals surface area (Å²) in [6.45, 7) is 0.0120. The molecule has 0 spiro atoms. The van der Waals surface area contributed by atoms with E-state index in [0.29, 0.717) is 0 Å². The van der Waals surface area contributed by atoms with Gasteiger partial charge >= 0.3 is 6.61 Å². The Morgan fingerprint density at radius 2 is 1.65 bits per heavy atom. The molecule has 4 heteroatoms. The normalized spacial score (nSPS) is 12.4. The van der Waals surface area contributed by atoms with E-state index in [1.165, 1.54) is 5.56 Å². The van der Waals surface area contributed by atoms with Crippen molar-refractivity contribution in [2.75, 3.05) is 0 Å². The summed E-state index contributed by atoms with van der Waals surface area (Å²) in [7, 11) is 0. The van der Waals surface area contributed by atoms with Crippen LogP contribution in [0.2, 0.25) is 0 Å². The number of hydrogen-bond acceptors (Lipinski definition) is 2. The highest BCUT2D eigenvalue weighted by Gasteiger charge is 2.07. The first-order valence-electron chi connectivity index (χ1n) is 6.47. The molecule has 2 aromatic rings. The SMILES string of the molecule is CC(NCc1ccccc1)c1ccc(OC(F)F)cc1. The third-order valence-electron chi connectivity index (χ3n) is 3.06. The average molecular weight is 277 g/mol. The summed E-state index contributed by atoms with van der Waals surface area (Å²) in [5, 5.41) is 3.39. The van der Waals surface area contributed by atoms with Gasteiger partial charge in [0.2, 0.25) is 0 Å². The summed E-state index contributed by atoms with van der Waals surface area (Å²) in [6.07, 6.45) is 0. The van der Waals surface area contributed by atoms with Gasteiger partial charge in [-0.05, 0) is 30.2 Å². The molecule has 0 bridgehead atoms. The fourth-order valence-electron chi connectivity index (χ4n) is 1.92. The molecule has 1 atom stereocenters. The number of rotatable bonds is 6. The van der Waals surface area contributed by atoms with Crippen LogP contribution in [0.25, 0.3) is 0 Å². The lowest BCUT2D eigenvalue weighted by Gasteiger charge is -2.15. The molecule has 2 rings (SSSR count). The average Bonchev–Trinajstić information content (AvgIpc) is 2.46. The molecule has 0 fully saturated rings. The summed E-state index contributed by atoms with van der Waals surface area (Å²) in [6, 6.07) is 16.9. The maximum Gasteiger partial charge on any atom is 0.387 e. The highest BCUT2D eigenvalue weighted by Crippen LogP contribution is 2.19. The van der Waals surface area contributed by atoms with Crippen molar-refractivity contribution in [1.82, 2.24) is 5.32 Å². The Morgan fingerprint density at radius 3 is 2.25 bits per heavy atom. The second-order valence-corrected chi connectivity index (χ2v) is 4.54. The lowest BCUT2D eigenvalue weighted by molar-refractivity contribution is -0.0498. The first-order chi connectivity index (χ1) is 9.65. The van der Waals surface area contributed by atoms with Gasteiger partial charge in [-0.25, -0.2) is 0 Å². The molecular formula is C16H17F2NO. The van der Waals surface area contributed by atoms with Gasteiger partial charge in [0.15, 0.2) is 0 Å². The maximum atomic E-state index is 12.1. The minimum atomic E-state index is -2.78. The summed E-state index contributed by atoms with van der Waals surface area (Å²) in [4.78, 5) is 0. The van der Waals surface area contributed by atoms with Crippen LogP contribution < -0.4 is 10.1 Å². The van der Waals surface area contributed by atoms with Crippen molar-refractivity contribution in [3.63, 3.8) is 0 Å². The molecule has 0 aliphatic rings. The molecule has 0 amide bonds. The second-order valence-electron chi connectivity index (χ2n) is 4.54. The van der Waals surface area contributed by atoms with E-state index in [-0.39, 0.29) is 11.8 Å². The quantitative estimate of drug-likeness (QED) is 0.857. The van der Waals surface area contributed by atoms with Crippen LogP contribution in [0, 0.1) is 0 Å². The maximum absolute atomic E-state index is 12.1. The fourth-order valence-corrected chi connectivity index (χ4v) is 1.92. The van der Waals surface area contributed by atoms with Crippen molar-refractivity contribution in [3.8, 4) is 5.75 Å². The number of nitrogens with one attached hydrogen (secondary N) is 1. The van der Waals surface area contributed by atoms with Gasteiger partial charge in [0.25, 0.3) is 0 Å². The van der Waals surface area contributed by atoms with Crippen LogP contribution in [0.15, 0.2) is 54.6 Å². The van der Waals surface area contributed by atoms with E-state index >= 15 is 0 Å². The Hall–Kier alpha value is -1.94. The highest BCUT2D eigenvalue weighted by atomic mass is 19.3. The van der Waals surface area contributed by atoms with E-state index in [1.54, 1.807) is 24.3 Å². The van der Waals surface area contributed by atoms with Crippen LogP contribution in [0.3, 0.4) is 0 Å². The summed E-state index contributed by atoms with van der Waals surface area (Å²) >= 11 is 0. The van der Waals surface area contributed by atoms with E-state index in [1.807, 2.05) is 25.1 Å². The minimum absolute atomic E-state index is 0.135. The molecule has 0 saturated heterocycles. The molecule has 0 heterocycles. The van der Waals surface area contributed by atoms with Crippen molar-refractivity contribution in [2.24, 2.45) is 0 Å². The summed E-state index contributed by atoms with van der Waals surface area (Å²) in [5.41, 5.74) is 2.24. The molecule has 1 unspecified atom stereocenters. The van der Waals surface area contributed by atoms with Gasteiger partial charge in [-0.3, -0.25) is 0 Å². The Bertz CT molecular complexity index is 514. The predicted molar refractivity (Wildman–Crippen MR) is 74.8 cm³/mol. The number of benzene rings is 2. The van der Waals surface area contributed by atoms with Gasteiger partial charge < -0.3 is 10.1 Å². The highest BCUT2D eigenvalue weighted by molar-refractivity contribution is 5.29. The molecule has 0 radical (unpaired) electrons. The lowest BCUT2D eigenvalue weighted by atomic mass is 10.1. The van der Waals surface area contributed by atoms with Crippen LogP contribution in [0.1, 0.15) is 24.1 Å². The molecule has 0 aromatic heterocycles. The zero-order chi connectivity index (χ0) is 14.4. The van der Waals surface area contributed by atoms with Gasteiger partial charge in [0.05, 0.1) is 0 Å². The largest absolute Gasteiger partial charge is 0.435 e. The first kappa shape index (κ1) is 14.5. The standard InChI is InChI=1S/C16H17F2NO/c1-12(19-11-13-5-3-2-4-6-13)14-7-9-15(10-8-14)20-16(17)18/h2-10,12,16,19H,11H2,1H3.